The quantitative estimate of drug-likeness (QED) is 0.364. The van der Waals surface area contributed by atoms with Crippen molar-refractivity contribution in [2.45, 2.75) is 52.9 Å². The highest BCUT2D eigenvalue weighted by atomic mass is 17.1. The van der Waals surface area contributed by atoms with E-state index in [0.29, 0.717) is 12.0 Å². The van der Waals surface area contributed by atoms with Crippen LogP contribution >= 0.6 is 0 Å². The van der Waals surface area contributed by atoms with Gasteiger partial charge in [-0.1, -0.05) is 40.0 Å². The molecule has 0 aliphatic heterocycles. The Morgan fingerprint density at radius 3 is 1.92 bits per heavy atom. The predicted octanol–water partition coefficient (Wildman–Crippen LogP) is 3.47. The van der Waals surface area contributed by atoms with E-state index in [1.165, 1.54) is 19.3 Å². The van der Waals surface area contributed by atoms with Gasteiger partial charge in [0.05, 0.1) is 6.61 Å². The largest absolute Gasteiger partial charge is 0.252 e. The Morgan fingerprint density at radius 2 is 1.58 bits per heavy atom. The summed E-state index contributed by atoms with van der Waals surface area (Å²) in [6.07, 6.45) is 5.81. The summed E-state index contributed by atoms with van der Waals surface area (Å²) in [6.45, 7) is 7.20. The fourth-order valence-corrected chi connectivity index (χ4v) is 1.79. The zero-order valence-corrected chi connectivity index (χ0v) is 8.60. The first-order valence-electron chi connectivity index (χ1n) is 5.01. The maximum absolute atomic E-state index is 8.18. The molecule has 0 spiro atoms. The third-order valence-electron chi connectivity index (χ3n) is 3.19. The van der Waals surface area contributed by atoms with Crippen molar-refractivity contribution < 1.29 is 10.1 Å². The number of rotatable bonds is 7. The van der Waals surface area contributed by atoms with Crippen molar-refractivity contribution in [3.8, 4) is 0 Å². The zero-order valence-electron chi connectivity index (χ0n) is 8.60. The summed E-state index contributed by atoms with van der Waals surface area (Å²) >= 11 is 0. The molecule has 2 heteroatoms. The molecular formula is C10H22O2. The first-order chi connectivity index (χ1) is 5.74. The molecule has 2 nitrogen and oxygen atoms in total. The van der Waals surface area contributed by atoms with Gasteiger partial charge in [0.1, 0.15) is 0 Å². The molecule has 0 aromatic heterocycles. The Bertz CT molecular complexity index is 89.7. The monoisotopic (exact) mass is 174 g/mol. The molecule has 0 amide bonds. The van der Waals surface area contributed by atoms with Crippen molar-refractivity contribution >= 4 is 0 Å². The molecule has 0 saturated heterocycles. The van der Waals surface area contributed by atoms with E-state index in [9.17, 15) is 0 Å². The summed E-state index contributed by atoms with van der Waals surface area (Å²) in [5.41, 5.74) is 0.485. The molecule has 0 aliphatic rings. The van der Waals surface area contributed by atoms with Gasteiger partial charge in [0.25, 0.3) is 0 Å². The molecule has 1 N–H and O–H groups in total. The van der Waals surface area contributed by atoms with Crippen molar-refractivity contribution in [1.29, 1.82) is 0 Å². The number of hydrogen-bond acceptors (Lipinski definition) is 2. The van der Waals surface area contributed by atoms with Crippen molar-refractivity contribution in [1.82, 2.24) is 0 Å². The van der Waals surface area contributed by atoms with Crippen molar-refractivity contribution in [3.05, 3.63) is 0 Å². The molecule has 74 valence electrons. The van der Waals surface area contributed by atoms with Crippen LogP contribution in [0.15, 0.2) is 0 Å². The third-order valence-corrected chi connectivity index (χ3v) is 3.19. The van der Waals surface area contributed by atoms with E-state index in [1.54, 1.807) is 0 Å². The minimum absolute atomic E-state index is 0.474. The van der Waals surface area contributed by atoms with E-state index in [4.69, 9.17) is 5.26 Å². The molecule has 12 heavy (non-hydrogen) atoms. The van der Waals surface area contributed by atoms with E-state index >= 15 is 0 Å². The predicted molar refractivity (Wildman–Crippen MR) is 51.1 cm³/mol. The molecule has 0 atom stereocenters. The number of hydrogen-bond donors (Lipinski definition) is 1. The van der Waals surface area contributed by atoms with Gasteiger partial charge < -0.3 is 0 Å². The normalized spacial score (nSPS) is 12.0. The highest BCUT2D eigenvalue weighted by Gasteiger charge is 2.22. The lowest BCUT2D eigenvalue weighted by Crippen LogP contribution is -2.18. The van der Waals surface area contributed by atoms with Gasteiger partial charge in [0.15, 0.2) is 0 Å². The molecule has 0 aromatic rings. The van der Waals surface area contributed by atoms with Gasteiger partial charge in [-0.05, 0) is 18.3 Å². The van der Waals surface area contributed by atoms with E-state index in [-0.39, 0.29) is 0 Å². The summed E-state index contributed by atoms with van der Waals surface area (Å²) in [5.74, 6) is 0. The van der Waals surface area contributed by atoms with Crippen LogP contribution in [0, 0.1) is 5.41 Å². The molecule has 0 fully saturated rings. The van der Waals surface area contributed by atoms with E-state index in [1.807, 2.05) is 0 Å². The molecule has 0 heterocycles. The van der Waals surface area contributed by atoms with Crippen LogP contribution in [0.3, 0.4) is 0 Å². The highest BCUT2D eigenvalue weighted by molar-refractivity contribution is 4.74. The minimum atomic E-state index is 0.474. The van der Waals surface area contributed by atoms with Crippen LogP contribution in [-0.4, -0.2) is 11.9 Å². The van der Waals surface area contributed by atoms with Crippen LogP contribution in [0.2, 0.25) is 0 Å². The molecule has 0 radical (unpaired) electrons. The summed E-state index contributed by atoms with van der Waals surface area (Å²) in [4.78, 5) is 4.07. The molecule has 0 saturated carbocycles. The van der Waals surface area contributed by atoms with Crippen LogP contribution in [0.5, 0.6) is 0 Å². The SMILES string of the molecule is CCC(CC)(CC)CCCOO. The van der Waals surface area contributed by atoms with Gasteiger partial charge in [-0.3, -0.25) is 5.26 Å². The van der Waals surface area contributed by atoms with Gasteiger partial charge >= 0.3 is 0 Å². The molecule has 0 bridgehead atoms. The lowest BCUT2D eigenvalue weighted by atomic mass is 9.76. The lowest BCUT2D eigenvalue weighted by Gasteiger charge is -2.30. The maximum atomic E-state index is 8.18. The summed E-state index contributed by atoms with van der Waals surface area (Å²) < 4.78 is 0. The Kier molecular flexibility index (Phi) is 6.39. The second-order valence-electron chi connectivity index (χ2n) is 3.50. The fourth-order valence-electron chi connectivity index (χ4n) is 1.79. The average Bonchev–Trinajstić information content (AvgIpc) is 2.14. The minimum Gasteiger partial charge on any atom is -0.252 e. The first-order valence-corrected chi connectivity index (χ1v) is 5.01. The van der Waals surface area contributed by atoms with E-state index in [2.05, 4.69) is 25.7 Å². The Balaban J connectivity index is 3.76. The van der Waals surface area contributed by atoms with Gasteiger partial charge in [-0.2, -0.15) is 0 Å². The van der Waals surface area contributed by atoms with E-state index < -0.39 is 0 Å². The highest BCUT2D eigenvalue weighted by Crippen LogP contribution is 2.35. The molecule has 0 rings (SSSR count). The summed E-state index contributed by atoms with van der Waals surface area (Å²) in [5, 5.41) is 8.18. The van der Waals surface area contributed by atoms with Gasteiger partial charge in [0, 0.05) is 0 Å². The van der Waals surface area contributed by atoms with Crippen LogP contribution in [0.4, 0.5) is 0 Å². The topological polar surface area (TPSA) is 29.5 Å². The fraction of sp³-hybridized carbons (Fsp3) is 1.00. The van der Waals surface area contributed by atoms with E-state index in [0.717, 1.165) is 12.8 Å². The van der Waals surface area contributed by atoms with Crippen molar-refractivity contribution in [2.24, 2.45) is 5.41 Å². The summed E-state index contributed by atoms with van der Waals surface area (Å²) in [7, 11) is 0. The maximum Gasteiger partial charge on any atom is 0.0820 e. The lowest BCUT2D eigenvalue weighted by molar-refractivity contribution is -0.243. The molecular weight excluding hydrogens is 152 g/mol. The second kappa shape index (κ2) is 6.44. The van der Waals surface area contributed by atoms with Crippen LogP contribution in [-0.2, 0) is 4.89 Å². The van der Waals surface area contributed by atoms with Crippen LogP contribution < -0.4 is 0 Å². The van der Waals surface area contributed by atoms with Crippen molar-refractivity contribution in [2.75, 3.05) is 6.61 Å². The Hall–Kier alpha value is -0.0800. The average molecular weight is 174 g/mol. The Morgan fingerprint density at radius 1 is 1.08 bits per heavy atom. The van der Waals surface area contributed by atoms with Crippen molar-refractivity contribution in [3.63, 3.8) is 0 Å². The van der Waals surface area contributed by atoms with Gasteiger partial charge in [-0.25, -0.2) is 4.89 Å². The zero-order chi connectivity index (χ0) is 9.45. The van der Waals surface area contributed by atoms with Crippen LogP contribution in [0.1, 0.15) is 52.9 Å². The second-order valence-corrected chi connectivity index (χ2v) is 3.50. The van der Waals surface area contributed by atoms with Gasteiger partial charge in [0.2, 0.25) is 0 Å². The Labute approximate surface area is 75.9 Å². The standard InChI is InChI=1S/C10H22O2/c1-4-10(5-2,6-3)8-7-9-12-11/h11H,4-9H2,1-3H3. The third kappa shape index (κ3) is 3.55. The molecule has 0 aliphatic carbocycles. The molecule has 0 unspecified atom stereocenters. The van der Waals surface area contributed by atoms with Gasteiger partial charge in [-0.15, -0.1) is 0 Å². The smallest absolute Gasteiger partial charge is 0.0820 e. The summed E-state index contributed by atoms with van der Waals surface area (Å²) in [6, 6.07) is 0. The molecule has 0 aromatic carbocycles. The van der Waals surface area contributed by atoms with Crippen LogP contribution in [0.25, 0.3) is 0 Å². The first kappa shape index (κ1) is 11.9.